The fourth-order valence-corrected chi connectivity index (χ4v) is 4.29. The zero-order chi connectivity index (χ0) is 19.5. The second kappa shape index (κ2) is 8.14. The van der Waals surface area contributed by atoms with Gasteiger partial charge in [0.1, 0.15) is 5.03 Å². The molecule has 7 heteroatoms. The van der Waals surface area contributed by atoms with E-state index in [4.69, 9.17) is 0 Å². The Morgan fingerprint density at radius 2 is 1.96 bits per heavy atom. The summed E-state index contributed by atoms with van der Waals surface area (Å²) in [7, 11) is 0. The molecule has 3 aromatic rings. The molecule has 0 spiro atoms. The number of para-hydroxylation sites is 1. The number of rotatable bonds is 6. The Morgan fingerprint density at radius 3 is 2.64 bits per heavy atom. The van der Waals surface area contributed by atoms with Crippen LogP contribution >= 0.6 is 11.8 Å². The number of anilines is 1. The quantitative estimate of drug-likeness (QED) is 0.599. The van der Waals surface area contributed by atoms with Crippen LogP contribution < -0.4 is 4.90 Å². The summed E-state index contributed by atoms with van der Waals surface area (Å²) in [6.45, 7) is 4.70. The molecule has 0 aliphatic heterocycles. The smallest absolute Gasteiger partial charge is 0.237 e. The van der Waals surface area contributed by atoms with E-state index < -0.39 is 0 Å². The van der Waals surface area contributed by atoms with Gasteiger partial charge >= 0.3 is 0 Å². The number of carbonyl (C=O) groups is 1. The number of aryl methyl sites for hydroxylation is 1. The van der Waals surface area contributed by atoms with Gasteiger partial charge in [-0.3, -0.25) is 4.79 Å². The van der Waals surface area contributed by atoms with Gasteiger partial charge in [-0.25, -0.2) is 4.68 Å². The first kappa shape index (κ1) is 18.7. The van der Waals surface area contributed by atoms with E-state index in [1.54, 1.807) is 4.90 Å². The minimum atomic E-state index is 0.0592. The van der Waals surface area contributed by atoms with E-state index >= 15 is 0 Å². The van der Waals surface area contributed by atoms with Gasteiger partial charge in [0.25, 0.3) is 0 Å². The number of benzene rings is 1. The second-order valence-corrected chi connectivity index (χ2v) is 7.76. The maximum atomic E-state index is 12.6. The van der Waals surface area contributed by atoms with Gasteiger partial charge in [0.05, 0.1) is 11.4 Å². The lowest BCUT2D eigenvalue weighted by Gasteiger charge is -2.20. The Hall–Kier alpha value is -2.67. The third-order valence-electron chi connectivity index (χ3n) is 5.04. The van der Waals surface area contributed by atoms with Crippen molar-refractivity contribution in [3.8, 4) is 5.82 Å². The zero-order valence-electron chi connectivity index (χ0n) is 16.1. The summed E-state index contributed by atoms with van der Waals surface area (Å²) < 4.78 is 1.88. The average Bonchev–Trinajstić information content (AvgIpc) is 3.31. The normalized spacial score (nSPS) is 12.8. The lowest BCUT2D eigenvalue weighted by Crippen LogP contribution is -2.32. The Kier molecular flexibility index (Phi) is 5.43. The molecule has 2 aromatic heterocycles. The van der Waals surface area contributed by atoms with Crippen LogP contribution in [0.25, 0.3) is 5.82 Å². The lowest BCUT2D eigenvalue weighted by molar-refractivity contribution is -0.116. The topological polar surface area (TPSA) is 63.9 Å². The number of amides is 1. The van der Waals surface area contributed by atoms with E-state index in [0.717, 1.165) is 35.1 Å². The molecule has 1 amide bonds. The van der Waals surface area contributed by atoms with Crippen LogP contribution in [0.4, 0.5) is 5.69 Å². The summed E-state index contributed by atoms with van der Waals surface area (Å²) in [5.74, 6) is 1.11. The van der Waals surface area contributed by atoms with E-state index in [1.807, 2.05) is 54.1 Å². The number of fused-ring (bicyclic) bond motifs is 1. The number of nitrogens with zero attached hydrogens (tertiary/aromatic N) is 5. The van der Waals surface area contributed by atoms with Crippen LogP contribution in [0.2, 0.25) is 0 Å². The number of carbonyl (C=O) groups excluding carboxylic acids is 1. The van der Waals surface area contributed by atoms with E-state index in [-0.39, 0.29) is 5.91 Å². The predicted molar refractivity (Wildman–Crippen MR) is 111 cm³/mol. The highest BCUT2D eigenvalue weighted by atomic mass is 32.2. The molecule has 0 fully saturated rings. The van der Waals surface area contributed by atoms with Gasteiger partial charge in [0.2, 0.25) is 5.91 Å². The van der Waals surface area contributed by atoms with E-state index in [2.05, 4.69) is 22.2 Å². The SMILES string of the molecule is CCN(C(=O)CSc1ccc(-n2nc3c(c2C)CCC3)nn1)c1ccccc1. The van der Waals surface area contributed by atoms with Gasteiger partial charge in [0.15, 0.2) is 5.82 Å². The van der Waals surface area contributed by atoms with Crippen molar-refractivity contribution in [2.45, 2.75) is 38.1 Å². The van der Waals surface area contributed by atoms with E-state index in [1.165, 1.54) is 29.4 Å². The van der Waals surface area contributed by atoms with Crippen molar-refractivity contribution < 1.29 is 4.79 Å². The molecule has 1 aromatic carbocycles. The van der Waals surface area contributed by atoms with Gasteiger partial charge in [-0.15, -0.1) is 10.2 Å². The molecule has 2 heterocycles. The first-order valence-electron chi connectivity index (χ1n) is 9.57. The standard InChI is InChI=1S/C21H23N5OS/c1-3-25(16-8-5-4-6-9-16)21(27)14-28-20-13-12-19(22-23-20)26-15(2)17-10-7-11-18(17)24-26/h4-6,8-9,12-13H,3,7,10-11,14H2,1-2H3. The fourth-order valence-electron chi connectivity index (χ4n) is 3.60. The summed E-state index contributed by atoms with van der Waals surface area (Å²) in [6.07, 6.45) is 3.33. The molecule has 0 atom stereocenters. The summed E-state index contributed by atoms with van der Waals surface area (Å²) in [5, 5.41) is 14.0. The van der Waals surface area contributed by atoms with Crippen LogP contribution in [0, 0.1) is 6.92 Å². The predicted octanol–water partition coefficient (Wildman–Crippen LogP) is 3.60. The molecule has 144 valence electrons. The molecule has 0 bridgehead atoms. The van der Waals surface area contributed by atoms with Crippen LogP contribution in [0.5, 0.6) is 0 Å². The fraction of sp³-hybridized carbons (Fsp3) is 0.333. The second-order valence-electron chi connectivity index (χ2n) is 6.77. The number of aromatic nitrogens is 4. The Balaban J connectivity index is 1.42. The molecule has 0 saturated heterocycles. The van der Waals surface area contributed by atoms with Crippen LogP contribution in [-0.4, -0.2) is 38.2 Å². The Bertz CT molecular complexity index is 968. The highest BCUT2D eigenvalue weighted by molar-refractivity contribution is 7.99. The highest BCUT2D eigenvalue weighted by Gasteiger charge is 2.21. The summed E-state index contributed by atoms with van der Waals surface area (Å²) >= 11 is 1.40. The van der Waals surface area contributed by atoms with Crippen molar-refractivity contribution >= 4 is 23.4 Å². The molecule has 0 unspecified atom stereocenters. The molecule has 0 saturated carbocycles. The van der Waals surface area contributed by atoms with E-state index in [9.17, 15) is 4.79 Å². The number of hydrogen-bond acceptors (Lipinski definition) is 5. The lowest BCUT2D eigenvalue weighted by atomic mass is 10.2. The van der Waals surface area contributed by atoms with Crippen molar-refractivity contribution in [2.24, 2.45) is 0 Å². The molecule has 0 N–H and O–H groups in total. The van der Waals surface area contributed by atoms with Crippen molar-refractivity contribution in [3.63, 3.8) is 0 Å². The van der Waals surface area contributed by atoms with Gasteiger partial charge < -0.3 is 4.90 Å². The Morgan fingerprint density at radius 1 is 1.14 bits per heavy atom. The number of hydrogen-bond donors (Lipinski definition) is 0. The minimum absolute atomic E-state index is 0.0592. The summed E-state index contributed by atoms with van der Waals surface area (Å²) in [5.41, 5.74) is 4.61. The zero-order valence-corrected chi connectivity index (χ0v) is 16.9. The molecule has 1 aliphatic rings. The molecule has 6 nitrogen and oxygen atoms in total. The van der Waals surface area contributed by atoms with Crippen LogP contribution in [0.15, 0.2) is 47.5 Å². The average molecular weight is 394 g/mol. The van der Waals surface area contributed by atoms with Gasteiger partial charge in [-0.1, -0.05) is 30.0 Å². The maximum Gasteiger partial charge on any atom is 0.237 e. The Labute approximate surface area is 169 Å². The van der Waals surface area contributed by atoms with Crippen LogP contribution in [-0.2, 0) is 17.6 Å². The van der Waals surface area contributed by atoms with Crippen molar-refractivity contribution in [3.05, 3.63) is 59.4 Å². The summed E-state index contributed by atoms with van der Waals surface area (Å²) in [4.78, 5) is 14.4. The molecule has 1 aliphatic carbocycles. The third kappa shape index (κ3) is 3.67. The highest BCUT2D eigenvalue weighted by Crippen LogP contribution is 2.26. The molecule has 28 heavy (non-hydrogen) atoms. The largest absolute Gasteiger partial charge is 0.312 e. The first-order chi connectivity index (χ1) is 13.7. The molecule has 4 rings (SSSR count). The van der Waals surface area contributed by atoms with Gasteiger partial charge in [-0.2, -0.15) is 5.10 Å². The van der Waals surface area contributed by atoms with Crippen molar-refractivity contribution in [1.29, 1.82) is 0 Å². The van der Waals surface area contributed by atoms with E-state index in [0.29, 0.717) is 12.3 Å². The monoisotopic (exact) mass is 393 g/mol. The first-order valence-corrected chi connectivity index (χ1v) is 10.6. The minimum Gasteiger partial charge on any atom is -0.312 e. The van der Waals surface area contributed by atoms with Crippen LogP contribution in [0.3, 0.4) is 0 Å². The van der Waals surface area contributed by atoms with Gasteiger partial charge in [-0.05, 0) is 62.9 Å². The van der Waals surface area contributed by atoms with Gasteiger partial charge in [0, 0.05) is 17.9 Å². The third-order valence-corrected chi connectivity index (χ3v) is 5.94. The number of thioether (sulfide) groups is 1. The maximum absolute atomic E-state index is 12.6. The van der Waals surface area contributed by atoms with Crippen LogP contribution in [0.1, 0.15) is 30.3 Å². The molecular formula is C21H23N5OS. The van der Waals surface area contributed by atoms with Crippen molar-refractivity contribution in [1.82, 2.24) is 20.0 Å². The molecular weight excluding hydrogens is 370 g/mol. The summed E-state index contributed by atoms with van der Waals surface area (Å²) in [6, 6.07) is 13.6. The van der Waals surface area contributed by atoms with Crippen molar-refractivity contribution in [2.75, 3.05) is 17.2 Å². The molecule has 0 radical (unpaired) electrons.